The van der Waals surface area contributed by atoms with Crippen LogP contribution in [0.5, 0.6) is 0 Å². The zero-order valence-corrected chi connectivity index (χ0v) is 7.47. The second-order valence-electron chi connectivity index (χ2n) is 3.16. The Hall–Kier alpha value is -0.900. The molecule has 0 bridgehead atoms. The monoisotopic (exact) mass is 179 g/mol. The van der Waals surface area contributed by atoms with Crippen molar-refractivity contribution >= 4 is 16.3 Å². The quantitative estimate of drug-likeness (QED) is 0.615. The SMILES string of the molecule is c1nnc2sc3c(n12)CCCC3. The number of nitrogens with zero attached hydrogens (tertiary/aromatic N) is 3. The molecule has 0 atom stereocenters. The van der Waals surface area contributed by atoms with Crippen LogP contribution in [0.2, 0.25) is 0 Å². The van der Waals surface area contributed by atoms with Gasteiger partial charge in [-0.1, -0.05) is 11.3 Å². The lowest BCUT2D eigenvalue weighted by Gasteiger charge is -2.09. The van der Waals surface area contributed by atoms with Crippen LogP contribution in [0.15, 0.2) is 6.33 Å². The molecule has 0 amide bonds. The molecule has 0 N–H and O–H groups in total. The minimum atomic E-state index is 1.06. The van der Waals surface area contributed by atoms with Gasteiger partial charge >= 0.3 is 0 Å². The van der Waals surface area contributed by atoms with E-state index in [4.69, 9.17) is 0 Å². The smallest absolute Gasteiger partial charge is 0.216 e. The molecule has 0 fully saturated rings. The van der Waals surface area contributed by atoms with Gasteiger partial charge in [0.05, 0.1) is 0 Å². The lowest BCUT2D eigenvalue weighted by atomic mass is 10.0. The van der Waals surface area contributed by atoms with Crippen molar-refractivity contribution < 1.29 is 0 Å². The first-order chi connectivity index (χ1) is 5.95. The second-order valence-corrected chi connectivity index (χ2v) is 4.22. The van der Waals surface area contributed by atoms with Gasteiger partial charge in [0.25, 0.3) is 0 Å². The van der Waals surface area contributed by atoms with Crippen LogP contribution in [0, 0.1) is 0 Å². The Bertz CT molecular complexity index is 415. The number of fused-ring (bicyclic) bond motifs is 3. The van der Waals surface area contributed by atoms with Gasteiger partial charge in [-0.15, -0.1) is 10.2 Å². The molecule has 1 aliphatic carbocycles. The highest BCUT2D eigenvalue weighted by Crippen LogP contribution is 2.28. The molecule has 0 aromatic carbocycles. The van der Waals surface area contributed by atoms with Gasteiger partial charge in [-0.3, -0.25) is 4.40 Å². The minimum Gasteiger partial charge on any atom is -0.276 e. The lowest BCUT2D eigenvalue weighted by Crippen LogP contribution is -2.01. The average Bonchev–Trinajstić information content (AvgIpc) is 2.62. The highest BCUT2D eigenvalue weighted by molar-refractivity contribution is 7.17. The normalized spacial score (nSPS) is 16.7. The molecule has 3 nitrogen and oxygen atoms in total. The molecule has 2 heterocycles. The van der Waals surface area contributed by atoms with E-state index in [0.29, 0.717) is 0 Å². The second kappa shape index (κ2) is 2.29. The van der Waals surface area contributed by atoms with Crippen molar-refractivity contribution in [3.05, 3.63) is 16.9 Å². The molecule has 0 radical (unpaired) electrons. The number of aryl methyl sites for hydroxylation is 2. The van der Waals surface area contributed by atoms with Crippen LogP contribution >= 0.6 is 11.3 Å². The number of hydrogen-bond donors (Lipinski definition) is 0. The molecule has 0 saturated carbocycles. The van der Waals surface area contributed by atoms with E-state index >= 15 is 0 Å². The van der Waals surface area contributed by atoms with Gasteiger partial charge in [0.2, 0.25) is 4.96 Å². The third-order valence-corrected chi connectivity index (χ3v) is 3.56. The van der Waals surface area contributed by atoms with Crippen molar-refractivity contribution in [2.75, 3.05) is 0 Å². The molecule has 3 rings (SSSR count). The van der Waals surface area contributed by atoms with Gasteiger partial charge in [0.15, 0.2) is 0 Å². The van der Waals surface area contributed by atoms with Crippen molar-refractivity contribution in [3.8, 4) is 0 Å². The number of thiazole rings is 1. The third kappa shape index (κ3) is 0.756. The van der Waals surface area contributed by atoms with E-state index < -0.39 is 0 Å². The van der Waals surface area contributed by atoms with E-state index in [1.54, 1.807) is 11.3 Å². The third-order valence-electron chi connectivity index (χ3n) is 2.41. The summed E-state index contributed by atoms with van der Waals surface area (Å²) in [4.78, 5) is 2.58. The number of rotatable bonds is 0. The topological polar surface area (TPSA) is 30.2 Å². The first-order valence-electron chi connectivity index (χ1n) is 4.25. The first kappa shape index (κ1) is 6.60. The molecular formula is C8H9N3S. The molecule has 0 unspecified atom stereocenters. The molecule has 2 aromatic rings. The fourth-order valence-electron chi connectivity index (χ4n) is 1.82. The van der Waals surface area contributed by atoms with Crippen LogP contribution in [-0.4, -0.2) is 14.6 Å². The Morgan fingerprint density at radius 2 is 2.25 bits per heavy atom. The zero-order valence-electron chi connectivity index (χ0n) is 6.66. The Morgan fingerprint density at radius 3 is 3.25 bits per heavy atom. The molecular weight excluding hydrogens is 170 g/mol. The van der Waals surface area contributed by atoms with E-state index in [1.807, 2.05) is 6.33 Å². The Morgan fingerprint density at radius 1 is 1.33 bits per heavy atom. The van der Waals surface area contributed by atoms with Gasteiger partial charge in [-0.25, -0.2) is 0 Å². The summed E-state index contributed by atoms with van der Waals surface area (Å²) in [5.41, 5.74) is 1.45. The highest BCUT2D eigenvalue weighted by Gasteiger charge is 2.16. The molecule has 62 valence electrons. The molecule has 1 aliphatic rings. The predicted octanol–water partition coefficient (Wildman–Crippen LogP) is 1.67. The minimum absolute atomic E-state index is 1.06. The summed E-state index contributed by atoms with van der Waals surface area (Å²) in [6.45, 7) is 0. The summed E-state index contributed by atoms with van der Waals surface area (Å²) in [6.07, 6.45) is 6.92. The van der Waals surface area contributed by atoms with Gasteiger partial charge in [0, 0.05) is 10.6 Å². The predicted molar refractivity (Wildman–Crippen MR) is 47.5 cm³/mol. The molecule has 0 spiro atoms. The standard InChI is InChI=1S/C8H9N3S/c1-2-4-7-6(3-1)11-5-9-10-8(11)12-7/h5H,1-4H2. The summed E-state index contributed by atoms with van der Waals surface area (Å²) in [5.74, 6) is 0. The fraction of sp³-hybridized carbons (Fsp3) is 0.500. The van der Waals surface area contributed by atoms with E-state index in [2.05, 4.69) is 14.6 Å². The maximum atomic E-state index is 4.06. The molecule has 0 saturated heterocycles. The lowest BCUT2D eigenvalue weighted by molar-refractivity contribution is 0.674. The summed E-state index contributed by atoms with van der Waals surface area (Å²) in [7, 11) is 0. The van der Waals surface area contributed by atoms with Crippen molar-refractivity contribution in [2.45, 2.75) is 25.7 Å². The van der Waals surface area contributed by atoms with Crippen LogP contribution in [0.1, 0.15) is 23.4 Å². The van der Waals surface area contributed by atoms with Crippen LogP contribution in [0.4, 0.5) is 0 Å². The van der Waals surface area contributed by atoms with Gasteiger partial charge < -0.3 is 0 Å². The molecule has 2 aromatic heterocycles. The van der Waals surface area contributed by atoms with Gasteiger partial charge in [0.1, 0.15) is 6.33 Å². The van der Waals surface area contributed by atoms with Crippen LogP contribution in [-0.2, 0) is 12.8 Å². The van der Waals surface area contributed by atoms with Gasteiger partial charge in [-0.2, -0.15) is 0 Å². The van der Waals surface area contributed by atoms with Gasteiger partial charge in [-0.05, 0) is 25.7 Å². The highest BCUT2D eigenvalue weighted by atomic mass is 32.1. The molecule has 0 aliphatic heterocycles. The van der Waals surface area contributed by atoms with E-state index in [1.165, 1.54) is 36.3 Å². The van der Waals surface area contributed by atoms with Crippen LogP contribution in [0.25, 0.3) is 4.96 Å². The number of hydrogen-bond acceptors (Lipinski definition) is 3. The van der Waals surface area contributed by atoms with Crippen molar-refractivity contribution in [3.63, 3.8) is 0 Å². The molecule has 12 heavy (non-hydrogen) atoms. The maximum absolute atomic E-state index is 4.06. The first-order valence-corrected chi connectivity index (χ1v) is 5.07. The Kier molecular flexibility index (Phi) is 1.26. The average molecular weight is 179 g/mol. The number of aromatic nitrogens is 3. The van der Waals surface area contributed by atoms with Crippen LogP contribution < -0.4 is 0 Å². The summed E-state index contributed by atoms with van der Waals surface area (Å²) in [5, 5.41) is 7.95. The Labute approximate surface area is 74.1 Å². The van der Waals surface area contributed by atoms with E-state index in [0.717, 1.165) is 4.96 Å². The summed E-state index contributed by atoms with van der Waals surface area (Å²) in [6, 6.07) is 0. The Balaban J connectivity index is 2.34. The van der Waals surface area contributed by atoms with Crippen molar-refractivity contribution in [1.29, 1.82) is 0 Å². The van der Waals surface area contributed by atoms with E-state index in [9.17, 15) is 0 Å². The zero-order chi connectivity index (χ0) is 7.97. The fourth-order valence-corrected chi connectivity index (χ4v) is 2.94. The summed E-state index contributed by atoms with van der Waals surface area (Å²) >= 11 is 1.80. The van der Waals surface area contributed by atoms with E-state index in [-0.39, 0.29) is 0 Å². The van der Waals surface area contributed by atoms with Crippen LogP contribution in [0.3, 0.4) is 0 Å². The summed E-state index contributed by atoms with van der Waals surface area (Å²) < 4.78 is 2.14. The van der Waals surface area contributed by atoms with Crippen molar-refractivity contribution in [1.82, 2.24) is 14.6 Å². The van der Waals surface area contributed by atoms with Crippen molar-refractivity contribution in [2.24, 2.45) is 0 Å². The molecule has 4 heteroatoms. The largest absolute Gasteiger partial charge is 0.276 e. The maximum Gasteiger partial charge on any atom is 0.216 e.